The molecule has 0 radical (unpaired) electrons. The van der Waals surface area contributed by atoms with Gasteiger partial charge in [0, 0.05) is 10.7 Å². The highest BCUT2D eigenvalue weighted by Crippen LogP contribution is 2.32. The molecule has 5 nitrogen and oxygen atoms in total. The van der Waals surface area contributed by atoms with Crippen molar-refractivity contribution in [3.05, 3.63) is 52.6 Å². The van der Waals surface area contributed by atoms with E-state index in [2.05, 4.69) is 36.3 Å². The van der Waals surface area contributed by atoms with Gasteiger partial charge in [0.15, 0.2) is 0 Å². The summed E-state index contributed by atoms with van der Waals surface area (Å²) < 4.78 is 38.8. The van der Waals surface area contributed by atoms with Gasteiger partial charge in [0.2, 0.25) is 5.82 Å². The van der Waals surface area contributed by atoms with Crippen molar-refractivity contribution < 1.29 is 13.2 Å². The SMILES string of the molecule is FC(F)(F)c1cc(Br)cc(-n2nnc(-c3ccccn3)n2)c1. The van der Waals surface area contributed by atoms with Crippen LogP contribution in [0.4, 0.5) is 13.2 Å². The van der Waals surface area contributed by atoms with Gasteiger partial charge in [-0.25, -0.2) is 0 Å². The second-order valence-corrected chi connectivity index (χ2v) is 5.23. The predicted molar refractivity (Wildman–Crippen MR) is 75.1 cm³/mol. The third kappa shape index (κ3) is 2.98. The second kappa shape index (κ2) is 5.48. The van der Waals surface area contributed by atoms with E-state index in [9.17, 15) is 13.2 Å². The van der Waals surface area contributed by atoms with Crippen molar-refractivity contribution in [1.82, 2.24) is 25.2 Å². The Morgan fingerprint density at radius 3 is 2.59 bits per heavy atom. The molecule has 0 atom stereocenters. The highest BCUT2D eigenvalue weighted by atomic mass is 79.9. The van der Waals surface area contributed by atoms with E-state index in [4.69, 9.17) is 0 Å². The number of hydrogen-bond donors (Lipinski definition) is 0. The van der Waals surface area contributed by atoms with Crippen molar-refractivity contribution in [2.45, 2.75) is 6.18 Å². The average Bonchev–Trinajstić information content (AvgIpc) is 2.96. The summed E-state index contributed by atoms with van der Waals surface area (Å²) >= 11 is 3.05. The van der Waals surface area contributed by atoms with Crippen LogP contribution in [0.1, 0.15) is 5.56 Å². The van der Waals surface area contributed by atoms with E-state index in [1.54, 1.807) is 24.4 Å². The topological polar surface area (TPSA) is 56.5 Å². The van der Waals surface area contributed by atoms with Crippen molar-refractivity contribution >= 4 is 15.9 Å². The maximum absolute atomic E-state index is 12.8. The predicted octanol–water partition coefficient (Wildman–Crippen LogP) is 3.51. The lowest BCUT2D eigenvalue weighted by molar-refractivity contribution is -0.137. The first kappa shape index (κ1) is 14.6. The number of nitrogens with zero attached hydrogens (tertiary/aromatic N) is 5. The number of tetrazole rings is 1. The summed E-state index contributed by atoms with van der Waals surface area (Å²) in [5, 5.41) is 11.6. The molecule has 0 aliphatic carbocycles. The molecule has 0 amide bonds. The van der Waals surface area contributed by atoms with E-state index < -0.39 is 11.7 Å². The molecule has 0 aliphatic heterocycles. The molecule has 9 heteroatoms. The molecule has 112 valence electrons. The van der Waals surface area contributed by atoms with E-state index in [0.29, 0.717) is 5.69 Å². The van der Waals surface area contributed by atoms with Crippen molar-refractivity contribution in [2.75, 3.05) is 0 Å². The monoisotopic (exact) mass is 369 g/mol. The summed E-state index contributed by atoms with van der Waals surface area (Å²) in [6, 6.07) is 8.58. The van der Waals surface area contributed by atoms with Crippen LogP contribution in [0.15, 0.2) is 47.1 Å². The number of halogens is 4. The normalized spacial score (nSPS) is 11.6. The molecular formula is C13H7BrF3N5. The van der Waals surface area contributed by atoms with Crippen LogP contribution >= 0.6 is 15.9 Å². The maximum Gasteiger partial charge on any atom is 0.416 e. The number of pyridine rings is 1. The Labute approximate surface area is 130 Å². The van der Waals surface area contributed by atoms with Gasteiger partial charge in [-0.1, -0.05) is 22.0 Å². The molecule has 0 saturated heterocycles. The fraction of sp³-hybridized carbons (Fsp3) is 0.0769. The Kier molecular flexibility index (Phi) is 3.65. The maximum atomic E-state index is 12.8. The Hall–Kier alpha value is -2.29. The lowest BCUT2D eigenvalue weighted by atomic mass is 10.2. The molecule has 0 aliphatic rings. The number of benzene rings is 1. The highest BCUT2D eigenvalue weighted by Gasteiger charge is 2.31. The third-order valence-electron chi connectivity index (χ3n) is 2.75. The fourth-order valence-corrected chi connectivity index (χ4v) is 2.26. The molecule has 22 heavy (non-hydrogen) atoms. The molecule has 0 fully saturated rings. The van der Waals surface area contributed by atoms with Gasteiger partial charge in [0.1, 0.15) is 5.69 Å². The first-order valence-corrected chi connectivity index (χ1v) is 6.82. The van der Waals surface area contributed by atoms with Gasteiger partial charge < -0.3 is 0 Å². The van der Waals surface area contributed by atoms with Crippen molar-refractivity contribution in [1.29, 1.82) is 0 Å². The summed E-state index contributed by atoms with van der Waals surface area (Å²) in [6.45, 7) is 0. The van der Waals surface area contributed by atoms with Gasteiger partial charge in [-0.15, -0.1) is 15.0 Å². The van der Waals surface area contributed by atoms with Gasteiger partial charge in [-0.05, 0) is 35.5 Å². The van der Waals surface area contributed by atoms with Gasteiger partial charge in [-0.2, -0.15) is 13.2 Å². The highest BCUT2D eigenvalue weighted by molar-refractivity contribution is 9.10. The largest absolute Gasteiger partial charge is 0.416 e. The zero-order valence-electron chi connectivity index (χ0n) is 10.8. The summed E-state index contributed by atoms with van der Waals surface area (Å²) in [5.41, 5.74) is -0.162. The van der Waals surface area contributed by atoms with Crippen LogP contribution in [-0.4, -0.2) is 25.2 Å². The van der Waals surface area contributed by atoms with Crippen LogP contribution in [0.3, 0.4) is 0 Å². The second-order valence-electron chi connectivity index (χ2n) is 4.31. The minimum atomic E-state index is -4.46. The van der Waals surface area contributed by atoms with Gasteiger partial charge in [0.05, 0.1) is 11.3 Å². The molecule has 0 spiro atoms. The van der Waals surface area contributed by atoms with E-state index in [1.165, 1.54) is 6.07 Å². The lowest BCUT2D eigenvalue weighted by Gasteiger charge is -2.08. The van der Waals surface area contributed by atoms with Crippen molar-refractivity contribution in [3.8, 4) is 17.2 Å². The molecule has 3 aromatic rings. The van der Waals surface area contributed by atoms with E-state index in [1.807, 2.05) is 0 Å². The first-order valence-electron chi connectivity index (χ1n) is 6.03. The zero-order chi connectivity index (χ0) is 15.7. The number of rotatable bonds is 2. The summed E-state index contributed by atoms with van der Waals surface area (Å²) in [6.07, 6.45) is -2.89. The zero-order valence-corrected chi connectivity index (χ0v) is 12.4. The van der Waals surface area contributed by atoms with E-state index in [0.717, 1.165) is 16.9 Å². The Morgan fingerprint density at radius 2 is 1.91 bits per heavy atom. The Bertz CT molecular complexity index is 801. The van der Waals surface area contributed by atoms with Crippen LogP contribution in [0.25, 0.3) is 17.2 Å². The van der Waals surface area contributed by atoms with E-state index in [-0.39, 0.29) is 16.0 Å². The number of aromatic nitrogens is 5. The smallest absolute Gasteiger partial charge is 0.253 e. The van der Waals surface area contributed by atoms with Crippen LogP contribution in [0.2, 0.25) is 0 Å². The molecule has 1 aromatic carbocycles. The van der Waals surface area contributed by atoms with Gasteiger partial charge in [-0.3, -0.25) is 4.98 Å². The van der Waals surface area contributed by atoms with Crippen molar-refractivity contribution in [3.63, 3.8) is 0 Å². The quantitative estimate of drug-likeness (QED) is 0.693. The molecule has 0 saturated carbocycles. The molecule has 2 heterocycles. The minimum Gasteiger partial charge on any atom is -0.253 e. The average molecular weight is 370 g/mol. The van der Waals surface area contributed by atoms with Crippen LogP contribution < -0.4 is 0 Å². The molecule has 2 aromatic heterocycles. The summed E-state index contributed by atoms with van der Waals surface area (Å²) in [5.74, 6) is 0.231. The fourth-order valence-electron chi connectivity index (χ4n) is 1.77. The molecule has 0 bridgehead atoms. The minimum absolute atomic E-state index is 0.149. The first-order chi connectivity index (χ1) is 10.4. The van der Waals surface area contributed by atoms with Crippen LogP contribution in [0, 0.1) is 0 Å². The summed E-state index contributed by atoms with van der Waals surface area (Å²) in [7, 11) is 0. The van der Waals surface area contributed by atoms with Crippen LogP contribution in [0.5, 0.6) is 0 Å². The number of alkyl halides is 3. The molecule has 3 rings (SSSR count). The molecule has 0 N–H and O–H groups in total. The Morgan fingerprint density at radius 1 is 1.09 bits per heavy atom. The third-order valence-corrected chi connectivity index (χ3v) is 3.21. The standard InChI is InChI=1S/C13H7BrF3N5/c14-9-5-8(13(15,16)17)6-10(7-9)22-20-12(19-21-22)11-3-1-2-4-18-11/h1-7H. The van der Waals surface area contributed by atoms with Crippen LogP contribution in [-0.2, 0) is 6.18 Å². The Balaban J connectivity index is 2.02. The van der Waals surface area contributed by atoms with Gasteiger partial charge in [0.25, 0.3) is 0 Å². The number of hydrogen-bond acceptors (Lipinski definition) is 4. The van der Waals surface area contributed by atoms with E-state index >= 15 is 0 Å². The van der Waals surface area contributed by atoms with Gasteiger partial charge >= 0.3 is 6.18 Å². The lowest BCUT2D eigenvalue weighted by Crippen LogP contribution is -2.07. The molecular weight excluding hydrogens is 363 g/mol. The molecule has 0 unspecified atom stereocenters. The van der Waals surface area contributed by atoms with Crippen molar-refractivity contribution in [2.24, 2.45) is 0 Å². The summed E-state index contributed by atoms with van der Waals surface area (Å²) in [4.78, 5) is 5.09.